The third-order valence-electron chi connectivity index (χ3n) is 5.23. The predicted molar refractivity (Wildman–Crippen MR) is 111 cm³/mol. The highest BCUT2D eigenvalue weighted by atomic mass is 32.1. The van der Waals surface area contributed by atoms with Crippen molar-refractivity contribution in [1.82, 2.24) is 15.1 Å². The average molecular weight is 416 g/mol. The maximum atomic E-state index is 13.0. The van der Waals surface area contributed by atoms with Crippen LogP contribution in [-0.4, -0.2) is 73.1 Å². The van der Waals surface area contributed by atoms with Crippen LogP contribution >= 0.6 is 11.3 Å². The van der Waals surface area contributed by atoms with Gasteiger partial charge in [-0.15, -0.1) is 11.3 Å². The molecule has 1 N–H and O–H groups in total. The van der Waals surface area contributed by atoms with Gasteiger partial charge in [0.1, 0.15) is 6.10 Å². The van der Waals surface area contributed by atoms with Crippen LogP contribution in [0.1, 0.15) is 16.6 Å². The van der Waals surface area contributed by atoms with E-state index in [2.05, 4.69) is 10.2 Å². The van der Waals surface area contributed by atoms with Crippen molar-refractivity contribution in [2.75, 3.05) is 39.3 Å². The Morgan fingerprint density at radius 1 is 1.07 bits per heavy atom. The Balaban J connectivity index is 1.23. The lowest BCUT2D eigenvalue weighted by Crippen LogP contribution is -2.56. The molecule has 29 heavy (non-hydrogen) atoms. The normalized spacial score (nSPS) is 21.6. The molecule has 2 aliphatic heterocycles. The molecule has 2 atom stereocenters. The quantitative estimate of drug-likeness (QED) is 0.807. The first kappa shape index (κ1) is 19.7. The summed E-state index contributed by atoms with van der Waals surface area (Å²) in [5, 5.41) is 4.84. The number of piperazine rings is 1. The molecule has 1 fully saturated rings. The van der Waals surface area contributed by atoms with Gasteiger partial charge in [-0.2, -0.15) is 0 Å². The van der Waals surface area contributed by atoms with Gasteiger partial charge >= 0.3 is 0 Å². The van der Waals surface area contributed by atoms with Crippen LogP contribution in [0.2, 0.25) is 0 Å². The van der Waals surface area contributed by atoms with E-state index in [4.69, 9.17) is 9.47 Å². The van der Waals surface area contributed by atoms with Gasteiger partial charge in [-0.1, -0.05) is 18.2 Å². The van der Waals surface area contributed by atoms with E-state index in [0.29, 0.717) is 31.1 Å². The Hall–Kier alpha value is -2.58. The maximum absolute atomic E-state index is 13.0. The Labute approximate surface area is 174 Å². The van der Waals surface area contributed by atoms with Gasteiger partial charge in [0, 0.05) is 39.3 Å². The lowest BCUT2D eigenvalue weighted by molar-refractivity contribution is -0.146. The van der Waals surface area contributed by atoms with Gasteiger partial charge < -0.3 is 19.7 Å². The Morgan fingerprint density at radius 3 is 2.48 bits per heavy atom. The summed E-state index contributed by atoms with van der Waals surface area (Å²) in [4.78, 5) is 29.8. The summed E-state index contributed by atoms with van der Waals surface area (Å²) in [6.07, 6.45) is -0.954. The van der Waals surface area contributed by atoms with E-state index in [1.165, 1.54) is 11.3 Å². The van der Waals surface area contributed by atoms with E-state index in [1.807, 2.05) is 53.6 Å². The van der Waals surface area contributed by atoms with Crippen LogP contribution in [-0.2, 0) is 4.79 Å². The fourth-order valence-corrected chi connectivity index (χ4v) is 4.23. The van der Waals surface area contributed by atoms with E-state index in [1.54, 1.807) is 0 Å². The molecular formula is C21H25N3O4S. The van der Waals surface area contributed by atoms with E-state index < -0.39 is 6.10 Å². The number of carbonyl (C=O) groups excluding carboxylic acids is 2. The second kappa shape index (κ2) is 8.84. The summed E-state index contributed by atoms with van der Waals surface area (Å²) in [6, 6.07) is 11.1. The lowest BCUT2D eigenvalue weighted by Gasteiger charge is -2.38. The molecule has 7 nitrogen and oxygen atoms in total. The zero-order chi connectivity index (χ0) is 20.2. The third-order valence-corrected chi connectivity index (χ3v) is 6.10. The van der Waals surface area contributed by atoms with Crippen molar-refractivity contribution in [3.8, 4) is 11.5 Å². The van der Waals surface area contributed by atoms with Crippen molar-refractivity contribution in [3.63, 3.8) is 0 Å². The number of benzene rings is 1. The lowest BCUT2D eigenvalue weighted by atomic mass is 10.1. The van der Waals surface area contributed by atoms with Crippen LogP contribution in [0.3, 0.4) is 0 Å². The highest BCUT2D eigenvalue weighted by molar-refractivity contribution is 7.12. The molecule has 2 unspecified atom stereocenters. The second-order valence-electron chi connectivity index (χ2n) is 7.21. The highest BCUT2D eigenvalue weighted by Gasteiger charge is 2.37. The third kappa shape index (κ3) is 4.54. The average Bonchev–Trinajstić information content (AvgIpc) is 3.28. The number of thiophene rings is 1. The number of carbonyl (C=O) groups is 2. The monoisotopic (exact) mass is 415 g/mol. The van der Waals surface area contributed by atoms with Crippen LogP contribution in [0.4, 0.5) is 0 Å². The zero-order valence-electron chi connectivity index (χ0n) is 16.4. The first-order valence-electron chi connectivity index (χ1n) is 9.87. The largest absolute Gasteiger partial charge is 0.482 e. The van der Waals surface area contributed by atoms with Gasteiger partial charge in [-0.05, 0) is 30.5 Å². The van der Waals surface area contributed by atoms with E-state index in [9.17, 15) is 9.59 Å². The molecule has 4 rings (SSSR count). The van der Waals surface area contributed by atoms with Crippen LogP contribution < -0.4 is 14.8 Å². The van der Waals surface area contributed by atoms with Crippen molar-refractivity contribution >= 4 is 23.2 Å². The van der Waals surface area contributed by atoms with Gasteiger partial charge in [-0.3, -0.25) is 14.5 Å². The number of para-hydroxylation sites is 2. The SMILES string of the molecule is CC1Oc2ccccc2OC1C(=O)N1CCN(CCNC(=O)c2cccs2)CC1. The van der Waals surface area contributed by atoms with Gasteiger partial charge in [0.2, 0.25) is 6.10 Å². The van der Waals surface area contributed by atoms with E-state index >= 15 is 0 Å². The Kier molecular flexibility index (Phi) is 6.01. The van der Waals surface area contributed by atoms with Crippen LogP contribution in [0.25, 0.3) is 0 Å². The summed E-state index contributed by atoms with van der Waals surface area (Å²) in [7, 11) is 0. The minimum Gasteiger partial charge on any atom is -0.482 e. The summed E-state index contributed by atoms with van der Waals surface area (Å²) in [5.41, 5.74) is 0. The molecule has 0 aliphatic carbocycles. The predicted octanol–water partition coefficient (Wildman–Crippen LogP) is 1.85. The molecule has 2 aromatic rings. The zero-order valence-corrected chi connectivity index (χ0v) is 17.2. The van der Waals surface area contributed by atoms with Crippen LogP contribution in [0.5, 0.6) is 11.5 Å². The van der Waals surface area contributed by atoms with Crippen molar-refractivity contribution in [3.05, 3.63) is 46.7 Å². The molecule has 0 spiro atoms. The smallest absolute Gasteiger partial charge is 0.267 e. The summed E-state index contributed by atoms with van der Waals surface area (Å²) < 4.78 is 11.8. The first-order valence-corrected chi connectivity index (χ1v) is 10.7. The minimum absolute atomic E-state index is 0.0300. The highest BCUT2D eigenvalue weighted by Crippen LogP contribution is 2.34. The van der Waals surface area contributed by atoms with Crippen LogP contribution in [0.15, 0.2) is 41.8 Å². The number of nitrogens with one attached hydrogen (secondary N) is 1. The van der Waals surface area contributed by atoms with Crippen molar-refractivity contribution in [1.29, 1.82) is 0 Å². The molecule has 2 amide bonds. The molecular weight excluding hydrogens is 390 g/mol. The molecule has 2 aliphatic rings. The maximum Gasteiger partial charge on any atom is 0.267 e. The number of amides is 2. The Bertz CT molecular complexity index is 849. The topological polar surface area (TPSA) is 71.1 Å². The number of nitrogens with zero attached hydrogens (tertiary/aromatic N) is 2. The number of fused-ring (bicyclic) bond motifs is 1. The fraction of sp³-hybridized carbons (Fsp3) is 0.429. The number of rotatable bonds is 5. The molecule has 0 radical (unpaired) electrons. The van der Waals surface area contributed by atoms with Gasteiger partial charge in [0.05, 0.1) is 4.88 Å². The molecule has 1 aromatic carbocycles. The van der Waals surface area contributed by atoms with E-state index in [0.717, 1.165) is 24.5 Å². The van der Waals surface area contributed by atoms with Gasteiger partial charge in [0.25, 0.3) is 11.8 Å². The Morgan fingerprint density at radius 2 is 1.79 bits per heavy atom. The molecule has 3 heterocycles. The summed E-state index contributed by atoms with van der Waals surface area (Å²) in [5.74, 6) is 1.23. The second-order valence-corrected chi connectivity index (χ2v) is 8.16. The fourth-order valence-electron chi connectivity index (χ4n) is 3.58. The molecule has 1 aromatic heterocycles. The molecule has 154 valence electrons. The number of hydrogen-bond donors (Lipinski definition) is 1. The standard InChI is InChI=1S/C21H25N3O4S/c1-15-19(28-17-6-3-2-5-16(17)27-15)21(26)24-12-10-23(11-13-24)9-8-22-20(25)18-7-4-14-29-18/h2-7,14-15,19H,8-13H2,1H3,(H,22,25). The van der Waals surface area contributed by atoms with Gasteiger partial charge in [0.15, 0.2) is 11.5 Å². The summed E-state index contributed by atoms with van der Waals surface area (Å²) in [6.45, 7) is 6.07. The van der Waals surface area contributed by atoms with E-state index in [-0.39, 0.29) is 17.9 Å². The van der Waals surface area contributed by atoms with Crippen LogP contribution in [0, 0.1) is 0 Å². The summed E-state index contributed by atoms with van der Waals surface area (Å²) >= 11 is 1.44. The minimum atomic E-state index is -0.624. The molecule has 1 saturated heterocycles. The first-order chi connectivity index (χ1) is 14.1. The number of hydrogen-bond acceptors (Lipinski definition) is 6. The van der Waals surface area contributed by atoms with Crippen molar-refractivity contribution in [2.45, 2.75) is 19.1 Å². The number of ether oxygens (including phenoxy) is 2. The van der Waals surface area contributed by atoms with Crippen molar-refractivity contribution in [2.24, 2.45) is 0 Å². The van der Waals surface area contributed by atoms with Crippen molar-refractivity contribution < 1.29 is 19.1 Å². The molecule has 8 heteroatoms. The van der Waals surface area contributed by atoms with Gasteiger partial charge in [-0.25, -0.2) is 0 Å². The molecule has 0 saturated carbocycles. The molecule has 0 bridgehead atoms.